The Labute approximate surface area is 228 Å². The second-order valence-corrected chi connectivity index (χ2v) is 10.8. The Kier molecular flexibility index (Phi) is 10.1. The molecule has 1 heterocycles. The molecular formula is C27H36Cl2N4O4. The molecule has 8 nitrogen and oxygen atoms in total. The van der Waals surface area contributed by atoms with Crippen LogP contribution in [-0.2, 0) is 6.54 Å². The fourth-order valence-corrected chi connectivity index (χ4v) is 4.62. The van der Waals surface area contributed by atoms with E-state index in [1.165, 1.54) is 0 Å². The molecule has 3 N–H and O–H groups in total. The monoisotopic (exact) mass is 550 g/mol. The number of anilines is 1. The number of rotatable bonds is 8. The SMILES string of the molecule is CC(C)NC(=O)Nc1cccc2c1O[C@H](CN(C)Cc1ccc(Cl)c(Cl)c1)[C@@H](C)CN([C@H](C)CO)C2=O. The van der Waals surface area contributed by atoms with E-state index in [2.05, 4.69) is 15.5 Å². The summed E-state index contributed by atoms with van der Waals surface area (Å²) in [5.41, 5.74) is 1.76. The number of fused-ring (bicyclic) bond motifs is 1. The number of aliphatic hydroxyl groups is 1. The number of para-hydroxylation sites is 1. The van der Waals surface area contributed by atoms with E-state index in [4.69, 9.17) is 27.9 Å². The zero-order valence-electron chi connectivity index (χ0n) is 21.9. The van der Waals surface area contributed by atoms with Gasteiger partial charge in [-0.15, -0.1) is 0 Å². The maximum absolute atomic E-state index is 13.6. The van der Waals surface area contributed by atoms with Gasteiger partial charge in [-0.2, -0.15) is 0 Å². The molecular weight excluding hydrogens is 515 g/mol. The van der Waals surface area contributed by atoms with Gasteiger partial charge in [-0.1, -0.05) is 42.3 Å². The van der Waals surface area contributed by atoms with E-state index in [9.17, 15) is 14.7 Å². The predicted molar refractivity (Wildman–Crippen MR) is 148 cm³/mol. The van der Waals surface area contributed by atoms with Gasteiger partial charge in [-0.05, 0) is 57.6 Å². The highest BCUT2D eigenvalue weighted by Crippen LogP contribution is 2.35. The van der Waals surface area contributed by atoms with Crippen LogP contribution in [0.2, 0.25) is 10.0 Å². The number of carbonyl (C=O) groups is 2. The van der Waals surface area contributed by atoms with Gasteiger partial charge in [0.2, 0.25) is 0 Å². The van der Waals surface area contributed by atoms with E-state index in [1.54, 1.807) is 29.2 Å². The lowest BCUT2D eigenvalue weighted by molar-refractivity contribution is 0.0343. The highest BCUT2D eigenvalue weighted by atomic mass is 35.5. The lowest BCUT2D eigenvalue weighted by Crippen LogP contribution is -2.49. The van der Waals surface area contributed by atoms with Crippen molar-refractivity contribution < 1.29 is 19.4 Å². The molecule has 0 aliphatic carbocycles. The summed E-state index contributed by atoms with van der Waals surface area (Å²) in [7, 11) is 1.98. The van der Waals surface area contributed by atoms with Crippen LogP contribution in [0.25, 0.3) is 0 Å². The molecule has 10 heteroatoms. The maximum Gasteiger partial charge on any atom is 0.319 e. The van der Waals surface area contributed by atoms with Gasteiger partial charge < -0.3 is 25.4 Å². The molecule has 0 bridgehead atoms. The molecule has 0 fully saturated rings. The number of amides is 3. The number of nitrogens with zero attached hydrogens (tertiary/aromatic N) is 2. The Morgan fingerprint density at radius 1 is 1.22 bits per heavy atom. The predicted octanol–water partition coefficient (Wildman–Crippen LogP) is 4.88. The summed E-state index contributed by atoms with van der Waals surface area (Å²) in [6.07, 6.45) is -0.316. The summed E-state index contributed by atoms with van der Waals surface area (Å²) in [6, 6.07) is 9.84. The zero-order valence-corrected chi connectivity index (χ0v) is 23.4. The van der Waals surface area contributed by atoms with Crippen molar-refractivity contribution in [2.45, 2.75) is 52.4 Å². The van der Waals surface area contributed by atoms with Crippen LogP contribution < -0.4 is 15.4 Å². The van der Waals surface area contributed by atoms with Gasteiger partial charge in [-0.3, -0.25) is 9.69 Å². The molecule has 0 aromatic heterocycles. The molecule has 37 heavy (non-hydrogen) atoms. The average Bonchev–Trinajstić information content (AvgIpc) is 2.83. The summed E-state index contributed by atoms with van der Waals surface area (Å²) >= 11 is 12.3. The first-order chi connectivity index (χ1) is 17.5. The van der Waals surface area contributed by atoms with E-state index >= 15 is 0 Å². The van der Waals surface area contributed by atoms with Gasteiger partial charge in [0.1, 0.15) is 6.10 Å². The van der Waals surface area contributed by atoms with Gasteiger partial charge in [0.25, 0.3) is 5.91 Å². The summed E-state index contributed by atoms with van der Waals surface area (Å²) in [6.45, 7) is 8.98. The highest BCUT2D eigenvalue weighted by molar-refractivity contribution is 6.42. The van der Waals surface area contributed by atoms with E-state index in [-0.39, 0.29) is 42.7 Å². The minimum atomic E-state index is -0.386. The largest absolute Gasteiger partial charge is 0.486 e. The number of aliphatic hydroxyl groups excluding tert-OH is 1. The smallest absolute Gasteiger partial charge is 0.319 e. The third-order valence-corrected chi connectivity index (χ3v) is 7.03. The Hall–Kier alpha value is -2.52. The fourth-order valence-electron chi connectivity index (χ4n) is 4.30. The van der Waals surface area contributed by atoms with E-state index in [1.807, 2.05) is 46.9 Å². The second kappa shape index (κ2) is 12.8. The van der Waals surface area contributed by atoms with Gasteiger partial charge in [0.05, 0.1) is 33.9 Å². The number of ether oxygens (including phenoxy) is 1. The summed E-state index contributed by atoms with van der Waals surface area (Å²) in [5, 5.41) is 16.5. The third kappa shape index (κ3) is 7.51. The molecule has 0 saturated carbocycles. The Morgan fingerprint density at radius 2 is 1.95 bits per heavy atom. The molecule has 202 valence electrons. The van der Waals surface area contributed by atoms with Crippen LogP contribution in [0.1, 0.15) is 43.6 Å². The molecule has 3 rings (SSSR count). The first kappa shape index (κ1) is 29.0. The Morgan fingerprint density at radius 3 is 2.59 bits per heavy atom. The van der Waals surface area contributed by atoms with Crippen LogP contribution in [0.5, 0.6) is 5.75 Å². The van der Waals surface area contributed by atoms with Crippen LogP contribution in [0, 0.1) is 5.92 Å². The average molecular weight is 552 g/mol. The van der Waals surface area contributed by atoms with E-state index < -0.39 is 0 Å². The number of hydrogen-bond acceptors (Lipinski definition) is 5. The molecule has 1 aliphatic rings. The second-order valence-electron chi connectivity index (χ2n) is 10.0. The van der Waals surface area contributed by atoms with Crippen molar-refractivity contribution in [2.75, 3.05) is 32.1 Å². The van der Waals surface area contributed by atoms with Crippen molar-refractivity contribution in [1.29, 1.82) is 0 Å². The number of hydrogen-bond donors (Lipinski definition) is 3. The van der Waals surface area contributed by atoms with Gasteiger partial charge in [0.15, 0.2) is 5.75 Å². The molecule has 0 saturated heterocycles. The molecule has 1 aliphatic heterocycles. The summed E-state index contributed by atoms with van der Waals surface area (Å²) < 4.78 is 6.53. The van der Waals surface area contributed by atoms with Crippen LogP contribution >= 0.6 is 23.2 Å². The molecule has 0 radical (unpaired) electrons. The van der Waals surface area contributed by atoms with E-state index in [0.717, 1.165) is 5.56 Å². The minimum Gasteiger partial charge on any atom is -0.486 e. The Balaban J connectivity index is 1.94. The maximum atomic E-state index is 13.6. The van der Waals surface area contributed by atoms with Crippen LogP contribution in [0.15, 0.2) is 36.4 Å². The van der Waals surface area contributed by atoms with Crippen LogP contribution in [0.4, 0.5) is 10.5 Å². The molecule has 3 amide bonds. The number of likely N-dealkylation sites (N-methyl/N-ethyl adjacent to an activating group) is 1. The minimum absolute atomic E-state index is 0.0586. The van der Waals surface area contributed by atoms with Gasteiger partial charge in [-0.25, -0.2) is 4.79 Å². The van der Waals surface area contributed by atoms with Crippen LogP contribution in [-0.4, -0.2) is 71.8 Å². The molecule has 3 atom stereocenters. The molecule has 0 unspecified atom stereocenters. The van der Waals surface area contributed by atoms with Crippen molar-refractivity contribution in [2.24, 2.45) is 5.92 Å². The standard InChI is InChI=1S/C27H36Cl2N4O4/c1-16(2)30-27(36)31-23-8-6-7-20-25(23)37-24(17(3)12-33(26(20)35)18(4)15-34)14-32(5)13-19-9-10-21(28)22(29)11-19/h6-11,16-18,24,34H,12-15H2,1-5H3,(H2,30,31,36)/t17-,18+,24+/m0/s1. The summed E-state index contributed by atoms with van der Waals surface area (Å²) in [5.74, 6) is -0.000126. The first-order valence-corrected chi connectivity index (χ1v) is 13.2. The Bertz CT molecular complexity index is 1110. The van der Waals surface area contributed by atoms with Crippen molar-refractivity contribution >= 4 is 40.8 Å². The highest BCUT2D eigenvalue weighted by Gasteiger charge is 2.34. The van der Waals surface area contributed by atoms with Crippen LogP contribution in [0.3, 0.4) is 0 Å². The fraction of sp³-hybridized carbons (Fsp3) is 0.481. The first-order valence-electron chi connectivity index (χ1n) is 12.4. The third-order valence-electron chi connectivity index (χ3n) is 6.29. The molecule has 0 spiro atoms. The normalized spacial score (nSPS) is 18.6. The zero-order chi connectivity index (χ0) is 27.3. The molecule has 2 aromatic rings. The topological polar surface area (TPSA) is 94.1 Å². The number of carbonyl (C=O) groups excluding carboxylic acids is 2. The lowest BCUT2D eigenvalue weighted by Gasteiger charge is -2.38. The van der Waals surface area contributed by atoms with E-state index in [0.29, 0.717) is 46.7 Å². The van der Waals surface area contributed by atoms with Crippen molar-refractivity contribution in [3.05, 3.63) is 57.6 Å². The number of urea groups is 1. The number of halogens is 2. The summed E-state index contributed by atoms with van der Waals surface area (Å²) in [4.78, 5) is 29.9. The number of nitrogens with one attached hydrogen (secondary N) is 2. The molecule has 2 aromatic carbocycles. The van der Waals surface area contributed by atoms with Crippen molar-refractivity contribution in [1.82, 2.24) is 15.1 Å². The van der Waals surface area contributed by atoms with Crippen molar-refractivity contribution in [3.63, 3.8) is 0 Å². The lowest BCUT2D eigenvalue weighted by atomic mass is 9.99. The van der Waals surface area contributed by atoms with Crippen molar-refractivity contribution in [3.8, 4) is 5.75 Å². The number of benzene rings is 2. The van der Waals surface area contributed by atoms with Gasteiger partial charge in [0, 0.05) is 31.6 Å². The van der Waals surface area contributed by atoms with Gasteiger partial charge >= 0.3 is 6.03 Å². The quantitative estimate of drug-likeness (QED) is 0.435.